The van der Waals surface area contributed by atoms with Crippen LogP contribution in [-0.2, 0) is 26.2 Å². The summed E-state index contributed by atoms with van der Waals surface area (Å²) in [4.78, 5) is 6.86. The molecule has 0 saturated heterocycles. The summed E-state index contributed by atoms with van der Waals surface area (Å²) in [7, 11) is 0. The van der Waals surface area contributed by atoms with Gasteiger partial charge in [0.2, 0.25) is 0 Å². The lowest BCUT2D eigenvalue weighted by Gasteiger charge is -2.21. The highest BCUT2D eigenvalue weighted by molar-refractivity contribution is 5.24. The number of hydrogen-bond donors (Lipinski definition) is 0. The molecule has 0 fully saturated rings. The van der Waals surface area contributed by atoms with Crippen molar-refractivity contribution in [3.8, 4) is 0 Å². The summed E-state index contributed by atoms with van der Waals surface area (Å²) >= 11 is 0. The number of rotatable bonds is 8. The first-order valence-corrected chi connectivity index (χ1v) is 9.27. The topological polar surface area (TPSA) is 47.1 Å². The largest absolute Gasteiger partial charge is 0.465 e. The second-order valence-electron chi connectivity index (χ2n) is 6.85. The molecule has 0 radical (unpaired) electrons. The number of nitrogens with zero attached hydrogens (tertiary/aromatic N) is 4. The molecular weight excluding hydrogens is 324 g/mol. The van der Waals surface area contributed by atoms with Gasteiger partial charge in [0, 0.05) is 37.1 Å². The van der Waals surface area contributed by atoms with E-state index < -0.39 is 0 Å². The molecular formula is C21H28N4O. The van der Waals surface area contributed by atoms with Crippen molar-refractivity contribution in [3.63, 3.8) is 0 Å². The molecule has 3 aromatic heterocycles. The van der Waals surface area contributed by atoms with Gasteiger partial charge in [-0.1, -0.05) is 13.0 Å². The molecule has 0 unspecified atom stereocenters. The third-order valence-electron chi connectivity index (χ3n) is 4.64. The molecule has 3 rings (SSSR count). The Morgan fingerprint density at radius 3 is 2.54 bits per heavy atom. The van der Waals surface area contributed by atoms with E-state index in [1.165, 1.54) is 11.3 Å². The van der Waals surface area contributed by atoms with E-state index in [0.29, 0.717) is 0 Å². The molecule has 0 aliphatic heterocycles. The third kappa shape index (κ3) is 4.41. The van der Waals surface area contributed by atoms with Crippen molar-refractivity contribution in [2.75, 3.05) is 0 Å². The van der Waals surface area contributed by atoms with E-state index in [0.717, 1.165) is 55.5 Å². The van der Waals surface area contributed by atoms with Gasteiger partial charge in [0.05, 0.1) is 17.9 Å². The van der Waals surface area contributed by atoms with Gasteiger partial charge in [0.1, 0.15) is 11.5 Å². The van der Waals surface area contributed by atoms with E-state index in [2.05, 4.69) is 47.5 Å². The Hall–Kier alpha value is -2.40. The number of hydrogen-bond acceptors (Lipinski definition) is 4. The monoisotopic (exact) mass is 352 g/mol. The molecule has 0 aromatic carbocycles. The van der Waals surface area contributed by atoms with Crippen molar-refractivity contribution in [1.29, 1.82) is 0 Å². The highest BCUT2D eigenvalue weighted by Gasteiger charge is 2.17. The fourth-order valence-electron chi connectivity index (χ4n) is 3.29. The molecule has 0 aliphatic rings. The number of pyridine rings is 1. The second kappa shape index (κ2) is 8.32. The fraction of sp³-hybridized carbons (Fsp3) is 0.429. The van der Waals surface area contributed by atoms with Crippen LogP contribution in [0.5, 0.6) is 0 Å². The van der Waals surface area contributed by atoms with Gasteiger partial charge >= 0.3 is 0 Å². The van der Waals surface area contributed by atoms with Crippen LogP contribution in [0.3, 0.4) is 0 Å². The van der Waals surface area contributed by atoms with E-state index in [9.17, 15) is 0 Å². The maximum Gasteiger partial charge on any atom is 0.118 e. The third-order valence-corrected chi connectivity index (χ3v) is 4.64. The molecule has 3 aromatic rings. The molecule has 0 bridgehead atoms. The zero-order valence-electron chi connectivity index (χ0n) is 16.2. The first-order valence-electron chi connectivity index (χ1n) is 9.27. The van der Waals surface area contributed by atoms with Crippen molar-refractivity contribution < 1.29 is 4.42 Å². The Balaban J connectivity index is 1.83. The molecule has 3 heterocycles. The van der Waals surface area contributed by atoms with Gasteiger partial charge in [-0.05, 0) is 51.5 Å². The van der Waals surface area contributed by atoms with Crippen molar-refractivity contribution in [2.45, 2.75) is 60.3 Å². The summed E-state index contributed by atoms with van der Waals surface area (Å²) in [5, 5.41) is 4.72. The van der Waals surface area contributed by atoms with Gasteiger partial charge in [-0.2, -0.15) is 5.10 Å². The van der Waals surface area contributed by atoms with Crippen molar-refractivity contribution >= 4 is 0 Å². The van der Waals surface area contributed by atoms with Crippen LogP contribution < -0.4 is 0 Å². The lowest BCUT2D eigenvalue weighted by molar-refractivity contribution is 0.222. The van der Waals surface area contributed by atoms with Crippen LogP contribution in [-0.4, -0.2) is 19.7 Å². The van der Waals surface area contributed by atoms with Crippen LogP contribution in [0.25, 0.3) is 0 Å². The molecule has 0 amide bonds. The summed E-state index contributed by atoms with van der Waals surface area (Å²) < 4.78 is 7.94. The average Bonchev–Trinajstić information content (AvgIpc) is 3.14. The Morgan fingerprint density at radius 2 is 1.88 bits per heavy atom. The molecule has 26 heavy (non-hydrogen) atoms. The molecule has 5 heteroatoms. The first kappa shape index (κ1) is 18.4. The molecule has 0 spiro atoms. The van der Waals surface area contributed by atoms with Gasteiger partial charge in [-0.15, -0.1) is 0 Å². The maximum absolute atomic E-state index is 5.81. The number of aromatic nitrogens is 3. The molecule has 0 saturated carbocycles. The zero-order chi connectivity index (χ0) is 18.5. The van der Waals surface area contributed by atoms with Gasteiger partial charge < -0.3 is 4.42 Å². The Bertz CT molecular complexity index is 835. The molecule has 138 valence electrons. The van der Waals surface area contributed by atoms with Crippen LogP contribution >= 0.6 is 0 Å². The van der Waals surface area contributed by atoms with Crippen LogP contribution in [0, 0.1) is 20.8 Å². The van der Waals surface area contributed by atoms with E-state index in [1.54, 1.807) is 0 Å². The predicted octanol–water partition coefficient (Wildman–Crippen LogP) is 4.41. The van der Waals surface area contributed by atoms with Crippen molar-refractivity contribution in [3.05, 3.63) is 70.7 Å². The van der Waals surface area contributed by atoms with Crippen LogP contribution in [0.15, 0.2) is 40.9 Å². The van der Waals surface area contributed by atoms with Crippen molar-refractivity contribution in [1.82, 2.24) is 19.7 Å². The van der Waals surface area contributed by atoms with Crippen molar-refractivity contribution in [2.24, 2.45) is 0 Å². The van der Waals surface area contributed by atoms with Crippen LogP contribution in [0.1, 0.15) is 47.5 Å². The van der Waals surface area contributed by atoms with Gasteiger partial charge in [-0.25, -0.2) is 0 Å². The second-order valence-corrected chi connectivity index (χ2v) is 6.85. The van der Waals surface area contributed by atoms with E-state index in [-0.39, 0.29) is 0 Å². The Labute approximate surface area is 155 Å². The average molecular weight is 352 g/mol. The van der Waals surface area contributed by atoms with Crippen LogP contribution in [0.4, 0.5) is 0 Å². The van der Waals surface area contributed by atoms with E-state index in [4.69, 9.17) is 9.52 Å². The highest BCUT2D eigenvalue weighted by atomic mass is 16.3. The maximum atomic E-state index is 5.81. The Morgan fingerprint density at radius 1 is 1.04 bits per heavy atom. The van der Waals surface area contributed by atoms with Gasteiger partial charge in [0.15, 0.2) is 0 Å². The predicted molar refractivity (Wildman–Crippen MR) is 103 cm³/mol. The minimum absolute atomic E-state index is 0.752. The lowest BCUT2D eigenvalue weighted by Crippen LogP contribution is -2.23. The summed E-state index contributed by atoms with van der Waals surface area (Å²) in [6, 6.07) is 10.1. The number of furan rings is 1. The smallest absolute Gasteiger partial charge is 0.118 e. The van der Waals surface area contributed by atoms with Gasteiger partial charge in [0.25, 0.3) is 0 Å². The fourth-order valence-corrected chi connectivity index (χ4v) is 3.29. The number of aryl methyl sites for hydroxylation is 3. The normalized spacial score (nSPS) is 11.4. The summed E-state index contributed by atoms with van der Waals surface area (Å²) in [5.41, 5.74) is 4.73. The summed E-state index contributed by atoms with van der Waals surface area (Å²) in [6.07, 6.45) is 2.94. The molecule has 0 atom stereocenters. The van der Waals surface area contributed by atoms with E-state index >= 15 is 0 Å². The minimum atomic E-state index is 0.752. The van der Waals surface area contributed by atoms with Crippen LogP contribution in [0.2, 0.25) is 0 Å². The summed E-state index contributed by atoms with van der Waals surface area (Å²) in [6.45, 7) is 11.8. The van der Waals surface area contributed by atoms with E-state index in [1.807, 2.05) is 31.3 Å². The SMILES string of the molecule is CCCn1nc(C)c(CN(Cc2ccccn2)Cc2ccc(C)o2)c1C. The standard InChI is InChI=1S/C21H28N4O/c1-5-12-25-18(4)21(17(3)23-25)15-24(13-19-8-6-7-11-22-19)14-20-10-9-16(2)26-20/h6-11H,5,12-15H2,1-4H3. The molecule has 5 nitrogen and oxygen atoms in total. The molecule has 0 aliphatic carbocycles. The van der Waals surface area contributed by atoms with Gasteiger partial charge in [-0.3, -0.25) is 14.6 Å². The molecule has 0 N–H and O–H groups in total. The Kier molecular flexibility index (Phi) is 5.89. The summed E-state index contributed by atoms with van der Waals surface area (Å²) in [5.74, 6) is 1.93. The zero-order valence-corrected chi connectivity index (χ0v) is 16.2. The first-order chi connectivity index (χ1) is 12.6. The lowest BCUT2D eigenvalue weighted by atomic mass is 10.1. The highest BCUT2D eigenvalue weighted by Crippen LogP contribution is 2.20. The quantitative estimate of drug-likeness (QED) is 0.602. The minimum Gasteiger partial charge on any atom is -0.465 e.